The summed E-state index contributed by atoms with van der Waals surface area (Å²) >= 11 is 0. The summed E-state index contributed by atoms with van der Waals surface area (Å²) < 4.78 is 6.72. The van der Waals surface area contributed by atoms with E-state index in [0.29, 0.717) is 51.4 Å². The minimum Gasteiger partial charge on any atom is -0.375 e. The topological polar surface area (TPSA) is 88.0 Å². The summed E-state index contributed by atoms with van der Waals surface area (Å²) in [5.41, 5.74) is 2.21. The summed E-state index contributed by atoms with van der Waals surface area (Å²) in [6, 6.07) is 0. The second-order valence-corrected chi connectivity index (χ2v) is 8.00. The minimum absolute atomic E-state index is 0.0279. The van der Waals surface area contributed by atoms with Crippen molar-refractivity contribution in [1.29, 1.82) is 0 Å². The van der Waals surface area contributed by atoms with E-state index in [1.165, 1.54) is 7.11 Å². The van der Waals surface area contributed by atoms with E-state index < -0.39 is 0 Å². The first-order chi connectivity index (χ1) is 14.4. The van der Waals surface area contributed by atoms with Gasteiger partial charge in [-0.1, -0.05) is 0 Å². The molecule has 30 heavy (non-hydrogen) atoms. The SMILES string of the molecule is CCN(CC)C(=O)C1CCCN(C(=O)c2nn(C)c3c2CN(C(=O)COC)CC3)C1. The van der Waals surface area contributed by atoms with E-state index in [1.54, 1.807) is 14.5 Å². The molecule has 0 saturated carbocycles. The van der Waals surface area contributed by atoms with Crippen molar-refractivity contribution in [3.05, 3.63) is 17.0 Å². The number of fused-ring (bicyclic) bond motifs is 1. The molecule has 9 nitrogen and oxygen atoms in total. The van der Waals surface area contributed by atoms with Crippen LogP contribution < -0.4 is 0 Å². The zero-order valence-electron chi connectivity index (χ0n) is 18.5. The molecule has 1 saturated heterocycles. The van der Waals surface area contributed by atoms with Crippen molar-refractivity contribution in [2.75, 3.05) is 46.4 Å². The highest BCUT2D eigenvalue weighted by molar-refractivity contribution is 5.95. The zero-order valence-corrected chi connectivity index (χ0v) is 18.5. The molecule has 1 aromatic rings. The standard InChI is InChI=1S/C21H33N5O4/c1-5-24(6-2)20(28)15-8-7-10-26(12-15)21(29)19-16-13-25(18(27)14-30-4)11-9-17(16)23(3)22-19/h15H,5-14H2,1-4H3. The molecule has 1 unspecified atom stereocenters. The third-order valence-electron chi connectivity index (χ3n) is 6.20. The quantitative estimate of drug-likeness (QED) is 0.676. The van der Waals surface area contributed by atoms with Crippen LogP contribution >= 0.6 is 0 Å². The molecule has 1 atom stereocenters. The van der Waals surface area contributed by atoms with Crippen LogP contribution in [-0.2, 0) is 34.3 Å². The Bertz CT molecular complexity index is 802. The number of piperidine rings is 1. The molecular weight excluding hydrogens is 386 g/mol. The van der Waals surface area contributed by atoms with Crippen LogP contribution in [-0.4, -0.2) is 88.6 Å². The number of hydrogen-bond donors (Lipinski definition) is 0. The van der Waals surface area contributed by atoms with Crippen LogP contribution in [0.25, 0.3) is 0 Å². The predicted octanol–water partition coefficient (Wildman–Crippen LogP) is 0.672. The highest BCUT2D eigenvalue weighted by atomic mass is 16.5. The Kier molecular flexibility index (Phi) is 7.12. The fourth-order valence-corrected chi connectivity index (χ4v) is 4.50. The average Bonchev–Trinajstić information content (AvgIpc) is 3.10. The van der Waals surface area contributed by atoms with Gasteiger partial charge < -0.3 is 19.4 Å². The van der Waals surface area contributed by atoms with E-state index in [0.717, 1.165) is 24.1 Å². The number of ether oxygens (including phenoxy) is 1. The molecule has 3 rings (SSSR count). The van der Waals surface area contributed by atoms with Crippen LogP contribution in [0.1, 0.15) is 48.4 Å². The van der Waals surface area contributed by atoms with E-state index in [2.05, 4.69) is 5.10 Å². The van der Waals surface area contributed by atoms with Crippen molar-refractivity contribution in [2.24, 2.45) is 13.0 Å². The number of nitrogens with zero attached hydrogens (tertiary/aromatic N) is 5. The number of methoxy groups -OCH3 is 1. The first-order valence-corrected chi connectivity index (χ1v) is 10.8. The van der Waals surface area contributed by atoms with Crippen molar-refractivity contribution in [3.8, 4) is 0 Å². The van der Waals surface area contributed by atoms with E-state index >= 15 is 0 Å². The Morgan fingerprint density at radius 2 is 1.90 bits per heavy atom. The van der Waals surface area contributed by atoms with Crippen LogP contribution in [0.4, 0.5) is 0 Å². The second kappa shape index (κ2) is 9.59. The summed E-state index contributed by atoms with van der Waals surface area (Å²) in [7, 11) is 3.34. The average molecular weight is 420 g/mol. The van der Waals surface area contributed by atoms with E-state index in [1.807, 2.05) is 25.8 Å². The van der Waals surface area contributed by atoms with Gasteiger partial charge in [0.15, 0.2) is 5.69 Å². The molecular formula is C21H33N5O4. The van der Waals surface area contributed by atoms with Gasteiger partial charge in [-0.2, -0.15) is 5.10 Å². The Morgan fingerprint density at radius 1 is 1.17 bits per heavy atom. The van der Waals surface area contributed by atoms with Crippen molar-refractivity contribution in [1.82, 2.24) is 24.5 Å². The van der Waals surface area contributed by atoms with Crippen molar-refractivity contribution >= 4 is 17.7 Å². The van der Waals surface area contributed by atoms with Gasteiger partial charge in [0.2, 0.25) is 11.8 Å². The third-order valence-corrected chi connectivity index (χ3v) is 6.20. The molecule has 0 radical (unpaired) electrons. The lowest BCUT2D eigenvalue weighted by atomic mass is 9.95. The van der Waals surface area contributed by atoms with Crippen LogP contribution in [0.2, 0.25) is 0 Å². The van der Waals surface area contributed by atoms with Crippen LogP contribution in [0.15, 0.2) is 0 Å². The lowest BCUT2D eigenvalue weighted by Gasteiger charge is -2.34. The number of carbonyl (C=O) groups is 3. The van der Waals surface area contributed by atoms with Gasteiger partial charge in [-0.05, 0) is 26.7 Å². The summed E-state index contributed by atoms with van der Waals surface area (Å²) in [6.07, 6.45) is 2.26. The van der Waals surface area contributed by atoms with Crippen LogP contribution in [0.3, 0.4) is 0 Å². The summed E-state index contributed by atoms with van der Waals surface area (Å²) in [5, 5.41) is 4.51. The van der Waals surface area contributed by atoms with Crippen molar-refractivity contribution < 1.29 is 19.1 Å². The monoisotopic (exact) mass is 419 g/mol. The van der Waals surface area contributed by atoms with Gasteiger partial charge in [0.05, 0.1) is 5.92 Å². The van der Waals surface area contributed by atoms with Crippen LogP contribution in [0, 0.1) is 5.92 Å². The molecule has 0 aliphatic carbocycles. The summed E-state index contributed by atoms with van der Waals surface area (Å²) in [5.74, 6) is -0.281. The summed E-state index contributed by atoms with van der Waals surface area (Å²) in [4.78, 5) is 43.7. The minimum atomic E-state index is -0.165. The fraction of sp³-hybridized carbons (Fsp3) is 0.714. The van der Waals surface area contributed by atoms with Gasteiger partial charge in [-0.3, -0.25) is 19.1 Å². The normalized spacial score (nSPS) is 18.9. The number of amides is 3. The van der Waals surface area contributed by atoms with Gasteiger partial charge in [0.1, 0.15) is 6.61 Å². The number of rotatable bonds is 6. The molecule has 9 heteroatoms. The van der Waals surface area contributed by atoms with Gasteiger partial charge >= 0.3 is 0 Å². The van der Waals surface area contributed by atoms with Crippen molar-refractivity contribution in [2.45, 2.75) is 39.7 Å². The second-order valence-electron chi connectivity index (χ2n) is 8.00. The molecule has 1 fully saturated rings. The van der Waals surface area contributed by atoms with Gasteiger partial charge in [-0.25, -0.2) is 0 Å². The molecule has 0 aromatic carbocycles. The lowest BCUT2D eigenvalue weighted by molar-refractivity contribution is -0.137. The Balaban J connectivity index is 1.77. The largest absolute Gasteiger partial charge is 0.375 e. The Morgan fingerprint density at radius 3 is 2.57 bits per heavy atom. The highest BCUT2D eigenvalue weighted by Crippen LogP contribution is 2.26. The van der Waals surface area contributed by atoms with E-state index in [9.17, 15) is 14.4 Å². The first-order valence-electron chi connectivity index (χ1n) is 10.8. The molecule has 3 amide bonds. The number of aromatic nitrogens is 2. The first kappa shape index (κ1) is 22.3. The number of aryl methyl sites for hydroxylation is 1. The maximum absolute atomic E-state index is 13.4. The molecule has 0 bridgehead atoms. The van der Waals surface area contributed by atoms with Gasteiger partial charge in [0, 0.05) is 71.1 Å². The number of carbonyl (C=O) groups excluding carboxylic acids is 3. The number of hydrogen-bond acceptors (Lipinski definition) is 5. The maximum Gasteiger partial charge on any atom is 0.274 e. The van der Waals surface area contributed by atoms with Gasteiger partial charge in [0.25, 0.3) is 5.91 Å². The van der Waals surface area contributed by atoms with E-state index in [-0.39, 0.29) is 30.2 Å². The maximum atomic E-state index is 13.4. The van der Waals surface area contributed by atoms with Gasteiger partial charge in [-0.15, -0.1) is 0 Å². The molecule has 0 N–H and O–H groups in total. The molecule has 0 spiro atoms. The Labute approximate surface area is 177 Å². The smallest absolute Gasteiger partial charge is 0.274 e. The summed E-state index contributed by atoms with van der Waals surface area (Å²) in [6.45, 7) is 7.34. The van der Waals surface area contributed by atoms with Crippen LogP contribution in [0.5, 0.6) is 0 Å². The molecule has 166 valence electrons. The third kappa shape index (κ3) is 4.35. The molecule has 3 heterocycles. The Hall–Kier alpha value is -2.42. The molecule has 2 aliphatic heterocycles. The zero-order chi connectivity index (χ0) is 21.8. The molecule has 1 aromatic heterocycles. The van der Waals surface area contributed by atoms with Crippen molar-refractivity contribution in [3.63, 3.8) is 0 Å². The molecule has 2 aliphatic rings. The highest BCUT2D eigenvalue weighted by Gasteiger charge is 2.35. The lowest BCUT2D eigenvalue weighted by Crippen LogP contribution is -2.47. The predicted molar refractivity (Wildman–Crippen MR) is 111 cm³/mol. The number of likely N-dealkylation sites (tertiary alicyclic amines) is 1. The van der Waals surface area contributed by atoms with E-state index in [4.69, 9.17) is 4.74 Å². The fourth-order valence-electron chi connectivity index (χ4n) is 4.50.